The van der Waals surface area contributed by atoms with Crippen LogP contribution in [0, 0.1) is 0 Å². The Bertz CT molecular complexity index is 625. The number of carbonyl (C=O) groups is 1. The molecule has 2 aromatic heterocycles. The smallest absolute Gasteiger partial charge is 0.289 e. The zero-order valence-corrected chi connectivity index (χ0v) is 13.8. The predicted octanol–water partition coefficient (Wildman–Crippen LogP) is 2.06. The molecule has 1 aliphatic heterocycles. The van der Waals surface area contributed by atoms with Gasteiger partial charge in [0.25, 0.3) is 5.91 Å². The van der Waals surface area contributed by atoms with Gasteiger partial charge in [-0.25, -0.2) is 4.98 Å². The maximum atomic E-state index is 12.2. The zero-order chi connectivity index (χ0) is 16.2. The van der Waals surface area contributed by atoms with E-state index in [1.54, 1.807) is 18.4 Å². The molecule has 0 aromatic carbocycles. The van der Waals surface area contributed by atoms with Gasteiger partial charge in [0.2, 0.25) is 0 Å². The number of hydrogen-bond acceptors (Lipinski definition) is 4. The van der Waals surface area contributed by atoms with E-state index < -0.39 is 0 Å². The van der Waals surface area contributed by atoms with Gasteiger partial charge in [-0.2, -0.15) is 0 Å². The first kappa shape index (κ1) is 15.8. The Morgan fingerprint density at radius 2 is 2.04 bits per heavy atom. The first-order valence-corrected chi connectivity index (χ1v) is 8.21. The molecule has 3 rings (SSSR count). The van der Waals surface area contributed by atoms with Crippen molar-refractivity contribution in [1.29, 1.82) is 0 Å². The molecule has 1 amide bonds. The summed E-state index contributed by atoms with van der Waals surface area (Å²) in [6, 6.07) is 3.47. The largest absolute Gasteiger partial charge is 0.459 e. The molecule has 0 saturated carbocycles. The van der Waals surface area contributed by atoms with Gasteiger partial charge in [0.05, 0.1) is 6.26 Å². The Morgan fingerprint density at radius 1 is 1.26 bits per heavy atom. The number of carbonyl (C=O) groups excluding carboxylic acids is 1. The lowest BCUT2D eigenvalue weighted by Crippen LogP contribution is -2.49. The highest BCUT2D eigenvalue weighted by atomic mass is 16.3. The average Bonchev–Trinajstić information content (AvgIpc) is 3.24. The van der Waals surface area contributed by atoms with Crippen molar-refractivity contribution in [2.24, 2.45) is 0 Å². The van der Waals surface area contributed by atoms with Gasteiger partial charge in [0.1, 0.15) is 5.82 Å². The maximum Gasteiger partial charge on any atom is 0.289 e. The second-order valence-electron chi connectivity index (χ2n) is 6.24. The molecule has 6 nitrogen and oxygen atoms in total. The van der Waals surface area contributed by atoms with Gasteiger partial charge in [0, 0.05) is 57.6 Å². The summed E-state index contributed by atoms with van der Waals surface area (Å²) in [5, 5.41) is 0. The zero-order valence-electron chi connectivity index (χ0n) is 13.8. The van der Waals surface area contributed by atoms with Crippen LogP contribution in [-0.2, 0) is 6.54 Å². The van der Waals surface area contributed by atoms with Gasteiger partial charge < -0.3 is 13.9 Å². The number of amides is 1. The lowest BCUT2D eigenvalue weighted by Gasteiger charge is -2.34. The van der Waals surface area contributed by atoms with Gasteiger partial charge in [-0.15, -0.1) is 0 Å². The van der Waals surface area contributed by atoms with Crippen LogP contribution in [0.5, 0.6) is 0 Å². The standard InChI is InChI=1S/C17H24N4O2/c1-14(2)16-18-5-6-20(16)10-7-19-8-11-21(12-9-19)17(22)15-4-3-13-23-15/h3-6,13-14H,7-12H2,1-2H3. The van der Waals surface area contributed by atoms with E-state index in [0.29, 0.717) is 11.7 Å². The van der Waals surface area contributed by atoms with Gasteiger partial charge in [-0.05, 0) is 12.1 Å². The highest BCUT2D eigenvalue weighted by Gasteiger charge is 2.23. The highest BCUT2D eigenvalue weighted by molar-refractivity contribution is 5.91. The highest BCUT2D eigenvalue weighted by Crippen LogP contribution is 2.13. The average molecular weight is 316 g/mol. The van der Waals surface area contributed by atoms with Gasteiger partial charge in [-0.1, -0.05) is 13.8 Å². The Hall–Kier alpha value is -2.08. The molecule has 1 aliphatic rings. The fourth-order valence-corrected chi connectivity index (χ4v) is 2.99. The van der Waals surface area contributed by atoms with Crippen molar-refractivity contribution in [3.8, 4) is 0 Å². The number of piperazine rings is 1. The van der Waals surface area contributed by atoms with Crippen LogP contribution in [0.25, 0.3) is 0 Å². The molecule has 0 unspecified atom stereocenters. The van der Waals surface area contributed by atoms with Crippen molar-refractivity contribution in [2.45, 2.75) is 26.3 Å². The summed E-state index contributed by atoms with van der Waals surface area (Å²) in [5.74, 6) is 1.99. The molecule has 1 saturated heterocycles. The second kappa shape index (κ2) is 7.00. The molecule has 0 spiro atoms. The van der Waals surface area contributed by atoms with Crippen molar-refractivity contribution in [2.75, 3.05) is 32.7 Å². The number of hydrogen-bond donors (Lipinski definition) is 0. The number of furan rings is 1. The summed E-state index contributed by atoms with van der Waals surface area (Å²) < 4.78 is 7.42. The monoisotopic (exact) mass is 316 g/mol. The van der Waals surface area contributed by atoms with Crippen molar-refractivity contribution in [3.63, 3.8) is 0 Å². The second-order valence-corrected chi connectivity index (χ2v) is 6.24. The molecule has 0 atom stereocenters. The molecule has 1 fully saturated rings. The molecule has 2 aromatic rings. The topological polar surface area (TPSA) is 54.5 Å². The minimum atomic E-state index is -0.00801. The lowest BCUT2D eigenvalue weighted by molar-refractivity contribution is 0.0602. The van der Waals surface area contributed by atoms with E-state index in [4.69, 9.17) is 4.42 Å². The summed E-state index contributed by atoms with van der Waals surface area (Å²) in [6.07, 6.45) is 5.46. The van der Waals surface area contributed by atoms with Crippen LogP contribution in [0.2, 0.25) is 0 Å². The van der Waals surface area contributed by atoms with E-state index in [0.717, 1.165) is 45.1 Å². The van der Waals surface area contributed by atoms with Crippen molar-refractivity contribution in [1.82, 2.24) is 19.4 Å². The summed E-state index contributed by atoms with van der Waals surface area (Å²) in [5.41, 5.74) is 0. The molecule has 23 heavy (non-hydrogen) atoms. The third-order valence-electron chi connectivity index (χ3n) is 4.31. The van der Waals surface area contributed by atoms with Crippen LogP contribution in [0.15, 0.2) is 35.2 Å². The third kappa shape index (κ3) is 3.64. The first-order chi connectivity index (χ1) is 11.1. The quantitative estimate of drug-likeness (QED) is 0.847. The SMILES string of the molecule is CC(C)c1nccn1CCN1CCN(C(=O)c2ccco2)CC1. The van der Waals surface area contributed by atoms with Crippen LogP contribution < -0.4 is 0 Å². The molecule has 124 valence electrons. The van der Waals surface area contributed by atoms with Crippen LogP contribution in [0.1, 0.15) is 36.1 Å². The van der Waals surface area contributed by atoms with E-state index in [-0.39, 0.29) is 5.91 Å². The molecule has 6 heteroatoms. The maximum absolute atomic E-state index is 12.2. The van der Waals surface area contributed by atoms with E-state index in [1.807, 2.05) is 17.3 Å². The number of aromatic nitrogens is 2. The Labute approximate surface area is 136 Å². The number of rotatable bonds is 5. The fraction of sp³-hybridized carbons (Fsp3) is 0.529. The molecule has 0 N–H and O–H groups in total. The summed E-state index contributed by atoms with van der Waals surface area (Å²) in [7, 11) is 0. The molecule has 0 bridgehead atoms. The Balaban J connectivity index is 1.48. The molecule has 0 aliphatic carbocycles. The number of nitrogens with zero attached hydrogens (tertiary/aromatic N) is 4. The predicted molar refractivity (Wildman–Crippen MR) is 87.4 cm³/mol. The summed E-state index contributed by atoms with van der Waals surface area (Å²) in [4.78, 5) is 20.9. The van der Waals surface area contributed by atoms with Gasteiger partial charge in [-0.3, -0.25) is 9.69 Å². The van der Waals surface area contributed by atoms with Crippen LogP contribution in [0.3, 0.4) is 0 Å². The van der Waals surface area contributed by atoms with E-state index in [1.165, 1.54) is 0 Å². The van der Waals surface area contributed by atoms with E-state index >= 15 is 0 Å². The summed E-state index contributed by atoms with van der Waals surface area (Å²) >= 11 is 0. The van der Waals surface area contributed by atoms with Crippen molar-refractivity contribution in [3.05, 3.63) is 42.4 Å². The Morgan fingerprint density at radius 3 is 2.70 bits per heavy atom. The molecule has 0 radical (unpaired) electrons. The minimum absolute atomic E-state index is 0.00801. The van der Waals surface area contributed by atoms with Crippen LogP contribution in [-0.4, -0.2) is 58.0 Å². The lowest BCUT2D eigenvalue weighted by atomic mass is 10.2. The van der Waals surface area contributed by atoms with Gasteiger partial charge in [0.15, 0.2) is 5.76 Å². The van der Waals surface area contributed by atoms with E-state index in [2.05, 4.69) is 28.3 Å². The van der Waals surface area contributed by atoms with Crippen LogP contribution in [0.4, 0.5) is 0 Å². The third-order valence-corrected chi connectivity index (χ3v) is 4.31. The Kier molecular flexibility index (Phi) is 4.81. The van der Waals surface area contributed by atoms with E-state index in [9.17, 15) is 4.79 Å². The normalized spacial score (nSPS) is 16.2. The van der Waals surface area contributed by atoms with Gasteiger partial charge >= 0.3 is 0 Å². The first-order valence-electron chi connectivity index (χ1n) is 8.21. The molecule has 3 heterocycles. The molecular weight excluding hydrogens is 292 g/mol. The van der Waals surface area contributed by atoms with Crippen molar-refractivity contribution < 1.29 is 9.21 Å². The fourth-order valence-electron chi connectivity index (χ4n) is 2.99. The van der Waals surface area contributed by atoms with Crippen molar-refractivity contribution >= 4 is 5.91 Å². The summed E-state index contributed by atoms with van der Waals surface area (Å²) in [6.45, 7) is 9.56. The minimum Gasteiger partial charge on any atom is -0.459 e. The van der Waals surface area contributed by atoms with Crippen LogP contribution >= 0.6 is 0 Å². The molecular formula is C17H24N4O2. The number of imidazole rings is 1.